The Morgan fingerprint density at radius 1 is 1.14 bits per heavy atom. The van der Waals surface area contributed by atoms with Crippen molar-refractivity contribution in [3.63, 3.8) is 0 Å². The number of carbonyl (C=O) groups excluding carboxylic acids is 3. The molecule has 1 aliphatic rings. The Bertz CT molecular complexity index is 863. The van der Waals surface area contributed by atoms with Crippen LogP contribution in [0.3, 0.4) is 0 Å². The van der Waals surface area contributed by atoms with E-state index in [1.54, 1.807) is 5.48 Å². The average molecular weight is 386 g/mol. The van der Waals surface area contributed by atoms with E-state index in [0.717, 1.165) is 29.3 Å². The van der Waals surface area contributed by atoms with Gasteiger partial charge in [0.2, 0.25) is 17.7 Å². The highest BCUT2D eigenvalue weighted by molar-refractivity contribution is 5.92. The molecule has 0 saturated heterocycles. The monoisotopic (exact) mass is 386 g/mol. The van der Waals surface area contributed by atoms with Crippen LogP contribution in [0.25, 0.3) is 10.9 Å². The molecule has 8 heteroatoms. The van der Waals surface area contributed by atoms with E-state index in [9.17, 15) is 14.4 Å². The highest BCUT2D eigenvalue weighted by Crippen LogP contribution is 2.30. The lowest BCUT2D eigenvalue weighted by Crippen LogP contribution is -2.51. The molecule has 8 nitrogen and oxygen atoms in total. The molecule has 0 bridgehead atoms. The molecule has 1 heterocycles. The number of hydrogen-bond acceptors (Lipinski definition) is 4. The summed E-state index contributed by atoms with van der Waals surface area (Å²) in [6.07, 6.45) is 4.93. The first kappa shape index (κ1) is 19.9. The van der Waals surface area contributed by atoms with Crippen LogP contribution >= 0.6 is 0 Å². The molecule has 3 amide bonds. The Kier molecular flexibility index (Phi) is 6.30. The smallest absolute Gasteiger partial charge is 0.247 e. The van der Waals surface area contributed by atoms with Crippen molar-refractivity contribution in [2.75, 3.05) is 7.05 Å². The number of aromatic amines is 1. The fourth-order valence-electron chi connectivity index (χ4n) is 4.02. The molecule has 0 aliphatic heterocycles. The standard InChI is InChI=1S/C20H26N4O4/c1-21-20(27)17(10-12-11-22-16-9-5-4-6-13(12)16)23-18(25)14-7-2-3-8-15(14)19(26)24-28/h4-6,9,11,14-15,17,22,28H,2-3,7-8,10H2,1H3,(H,21,27)(H,23,25)(H,24,26)/t14-,15-,17+/m1/s1. The number of nitrogens with one attached hydrogen (secondary N) is 4. The van der Waals surface area contributed by atoms with Crippen molar-refractivity contribution in [1.29, 1.82) is 0 Å². The first-order valence-electron chi connectivity index (χ1n) is 9.56. The van der Waals surface area contributed by atoms with Gasteiger partial charge in [0, 0.05) is 36.5 Å². The first-order chi connectivity index (χ1) is 13.5. The van der Waals surface area contributed by atoms with E-state index in [-0.39, 0.29) is 11.8 Å². The Labute approximate surface area is 163 Å². The highest BCUT2D eigenvalue weighted by atomic mass is 16.5. The van der Waals surface area contributed by atoms with Gasteiger partial charge < -0.3 is 15.6 Å². The van der Waals surface area contributed by atoms with Crippen LogP contribution < -0.4 is 16.1 Å². The topological polar surface area (TPSA) is 123 Å². The quantitative estimate of drug-likeness (QED) is 0.379. The van der Waals surface area contributed by atoms with E-state index in [0.29, 0.717) is 19.3 Å². The van der Waals surface area contributed by atoms with E-state index in [4.69, 9.17) is 5.21 Å². The third-order valence-electron chi connectivity index (χ3n) is 5.53. The molecule has 150 valence electrons. The average Bonchev–Trinajstić information content (AvgIpc) is 3.15. The van der Waals surface area contributed by atoms with Gasteiger partial charge >= 0.3 is 0 Å². The van der Waals surface area contributed by atoms with Crippen molar-refractivity contribution in [3.8, 4) is 0 Å². The zero-order chi connectivity index (χ0) is 20.1. The van der Waals surface area contributed by atoms with Crippen LogP contribution in [0.1, 0.15) is 31.2 Å². The van der Waals surface area contributed by atoms with Crippen LogP contribution in [-0.4, -0.2) is 41.0 Å². The Morgan fingerprint density at radius 2 is 1.82 bits per heavy atom. The summed E-state index contributed by atoms with van der Waals surface area (Å²) in [6.45, 7) is 0. The third kappa shape index (κ3) is 4.17. The van der Waals surface area contributed by atoms with Gasteiger partial charge in [0.25, 0.3) is 0 Å². The summed E-state index contributed by atoms with van der Waals surface area (Å²) in [5.41, 5.74) is 3.55. The van der Waals surface area contributed by atoms with Crippen LogP contribution in [0, 0.1) is 11.8 Å². The number of rotatable bonds is 6. The Balaban J connectivity index is 1.77. The van der Waals surface area contributed by atoms with Crippen molar-refractivity contribution < 1.29 is 19.6 Å². The van der Waals surface area contributed by atoms with Crippen molar-refractivity contribution in [1.82, 2.24) is 21.1 Å². The molecule has 28 heavy (non-hydrogen) atoms. The number of aromatic nitrogens is 1. The third-order valence-corrected chi connectivity index (χ3v) is 5.53. The van der Waals surface area contributed by atoms with Gasteiger partial charge in [0.05, 0.1) is 5.92 Å². The normalized spacial score (nSPS) is 20.4. The van der Waals surface area contributed by atoms with Gasteiger partial charge in [-0.15, -0.1) is 0 Å². The number of carbonyl (C=O) groups is 3. The molecule has 1 saturated carbocycles. The van der Waals surface area contributed by atoms with E-state index >= 15 is 0 Å². The minimum absolute atomic E-state index is 0.294. The van der Waals surface area contributed by atoms with E-state index in [2.05, 4.69) is 15.6 Å². The van der Waals surface area contributed by atoms with Crippen LogP contribution in [0.2, 0.25) is 0 Å². The lowest BCUT2D eigenvalue weighted by Gasteiger charge is -2.30. The van der Waals surface area contributed by atoms with Crippen LogP contribution in [0.4, 0.5) is 0 Å². The fourth-order valence-corrected chi connectivity index (χ4v) is 4.02. The molecular formula is C20H26N4O4. The number of fused-ring (bicyclic) bond motifs is 1. The van der Waals surface area contributed by atoms with Crippen LogP contribution in [-0.2, 0) is 20.8 Å². The van der Waals surface area contributed by atoms with Crippen LogP contribution in [0.5, 0.6) is 0 Å². The second-order valence-electron chi connectivity index (χ2n) is 7.21. The number of amides is 3. The van der Waals surface area contributed by atoms with Gasteiger partial charge in [-0.25, -0.2) is 5.48 Å². The van der Waals surface area contributed by atoms with Gasteiger partial charge in [-0.05, 0) is 24.5 Å². The molecule has 0 spiro atoms. The minimum Gasteiger partial charge on any atom is -0.361 e. The van der Waals surface area contributed by atoms with E-state index in [1.807, 2.05) is 30.5 Å². The molecule has 5 N–H and O–H groups in total. The number of hydroxylamine groups is 1. The zero-order valence-corrected chi connectivity index (χ0v) is 15.8. The number of hydrogen-bond donors (Lipinski definition) is 5. The summed E-state index contributed by atoms with van der Waals surface area (Å²) in [7, 11) is 1.53. The maximum atomic E-state index is 12.9. The second-order valence-corrected chi connectivity index (χ2v) is 7.21. The molecule has 3 atom stereocenters. The minimum atomic E-state index is -0.753. The predicted octanol–water partition coefficient (Wildman–Crippen LogP) is 1.25. The Morgan fingerprint density at radius 3 is 2.50 bits per heavy atom. The summed E-state index contributed by atoms with van der Waals surface area (Å²) in [5.74, 6) is -2.32. The summed E-state index contributed by atoms with van der Waals surface area (Å²) in [6, 6.07) is 7.01. The largest absolute Gasteiger partial charge is 0.361 e. The van der Waals surface area contributed by atoms with Gasteiger partial charge in [0.15, 0.2) is 0 Å². The maximum absolute atomic E-state index is 12.9. The molecule has 0 radical (unpaired) electrons. The molecular weight excluding hydrogens is 360 g/mol. The van der Waals surface area contributed by atoms with Crippen molar-refractivity contribution in [3.05, 3.63) is 36.0 Å². The fraction of sp³-hybridized carbons (Fsp3) is 0.450. The maximum Gasteiger partial charge on any atom is 0.247 e. The highest BCUT2D eigenvalue weighted by Gasteiger charge is 2.37. The summed E-state index contributed by atoms with van der Waals surface area (Å²) >= 11 is 0. The molecule has 1 aromatic carbocycles. The van der Waals surface area contributed by atoms with Crippen molar-refractivity contribution in [2.45, 2.75) is 38.1 Å². The summed E-state index contributed by atoms with van der Waals surface area (Å²) in [5, 5.41) is 15.4. The second kappa shape index (κ2) is 8.88. The summed E-state index contributed by atoms with van der Waals surface area (Å²) in [4.78, 5) is 40.4. The van der Waals surface area contributed by atoms with Gasteiger partial charge in [-0.1, -0.05) is 31.0 Å². The number of benzene rings is 1. The number of likely N-dealkylation sites (N-methyl/N-ethyl adjacent to an activating group) is 1. The van der Waals surface area contributed by atoms with Gasteiger partial charge in [-0.2, -0.15) is 0 Å². The molecule has 3 rings (SSSR count). The molecule has 2 aromatic rings. The molecule has 0 unspecified atom stereocenters. The van der Waals surface area contributed by atoms with Gasteiger partial charge in [0.1, 0.15) is 6.04 Å². The van der Waals surface area contributed by atoms with E-state index < -0.39 is 23.8 Å². The lowest BCUT2D eigenvalue weighted by molar-refractivity contribution is -0.142. The lowest BCUT2D eigenvalue weighted by atomic mass is 9.78. The number of para-hydroxylation sites is 1. The van der Waals surface area contributed by atoms with E-state index in [1.165, 1.54) is 7.05 Å². The van der Waals surface area contributed by atoms with Crippen molar-refractivity contribution in [2.24, 2.45) is 11.8 Å². The van der Waals surface area contributed by atoms with Crippen LogP contribution in [0.15, 0.2) is 30.5 Å². The van der Waals surface area contributed by atoms with Crippen molar-refractivity contribution >= 4 is 28.6 Å². The first-order valence-corrected chi connectivity index (χ1v) is 9.56. The molecule has 1 aliphatic carbocycles. The predicted molar refractivity (Wildman–Crippen MR) is 103 cm³/mol. The molecule has 1 aromatic heterocycles. The zero-order valence-electron chi connectivity index (χ0n) is 15.8. The summed E-state index contributed by atoms with van der Waals surface area (Å²) < 4.78 is 0. The Hall–Kier alpha value is -2.87. The van der Waals surface area contributed by atoms with Gasteiger partial charge in [-0.3, -0.25) is 19.6 Å². The number of H-pyrrole nitrogens is 1. The SMILES string of the molecule is CNC(=O)[C@H](Cc1c[nH]c2ccccc12)NC(=O)[C@@H]1CCCC[C@H]1C(=O)NO. The molecule has 1 fully saturated rings.